The lowest BCUT2D eigenvalue weighted by Gasteiger charge is -2.41. The van der Waals surface area contributed by atoms with Crippen LogP contribution >= 0.6 is 0 Å². The molecule has 0 aromatic heterocycles. The third-order valence-electron chi connectivity index (χ3n) is 4.81. The predicted octanol–water partition coefficient (Wildman–Crippen LogP) is 3.63. The smallest absolute Gasteiger partial charge is 0.326 e. The number of rotatable bonds is 2. The summed E-state index contributed by atoms with van der Waals surface area (Å²) in [4.78, 5) is 25.6. The molecule has 0 unspecified atom stereocenters. The number of carbonyl (C=O) groups is 2. The molecule has 6 heteroatoms. The Bertz CT molecular complexity index is 734. The molecule has 132 valence electrons. The second-order valence-electron chi connectivity index (χ2n) is 6.67. The highest BCUT2D eigenvalue weighted by Gasteiger charge is 2.65. The zero-order valence-corrected chi connectivity index (χ0v) is 13.8. The minimum Gasteiger partial charge on any atom is -0.326 e. The molecule has 0 saturated carbocycles. The molecule has 1 saturated heterocycles. The maximum absolute atomic E-state index is 13.8. The fourth-order valence-electron chi connectivity index (χ4n) is 3.96. The minimum absolute atomic E-state index is 0.302. The molecular formula is C19H18F3NO2. The van der Waals surface area contributed by atoms with Gasteiger partial charge in [0.1, 0.15) is 5.92 Å². The number of carbonyl (C=O) groups excluding carboxylic acids is 2. The molecule has 1 aliphatic carbocycles. The molecule has 1 amide bonds. The summed E-state index contributed by atoms with van der Waals surface area (Å²) in [6, 6.07) is 7.77. The number of ketones is 1. The van der Waals surface area contributed by atoms with Gasteiger partial charge in [0, 0.05) is 12.0 Å². The average Bonchev–Trinajstić information content (AvgIpc) is 2.80. The molecule has 1 heterocycles. The number of hydrogen-bond acceptors (Lipinski definition) is 2. The van der Waals surface area contributed by atoms with Crippen LogP contribution in [0, 0.1) is 5.92 Å². The Labute approximate surface area is 143 Å². The zero-order valence-electron chi connectivity index (χ0n) is 13.8. The Morgan fingerprint density at radius 3 is 2.08 bits per heavy atom. The van der Waals surface area contributed by atoms with Crippen molar-refractivity contribution >= 4 is 11.7 Å². The Balaban J connectivity index is 2.27. The second kappa shape index (κ2) is 5.86. The molecular weight excluding hydrogens is 331 g/mol. The fourth-order valence-corrected chi connectivity index (χ4v) is 3.96. The minimum atomic E-state index is -4.68. The molecule has 1 aliphatic heterocycles. The number of nitrogens with zero attached hydrogens (tertiary/aromatic N) is 1. The van der Waals surface area contributed by atoms with Crippen LogP contribution in [0.3, 0.4) is 0 Å². The molecule has 2 aliphatic rings. The summed E-state index contributed by atoms with van der Waals surface area (Å²) in [5.41, 5.74) is -0.884. The molecule has 1 spiro atoms. The van der Waals surface area contributed by atoms with E-state index in [2.05, 4.69) is 0 Å². The maximum Gasteiger partial charge on any atom is 0.401 e. The number of alkyl halides is 3. The van der Waals surface area contributed by atoms with Crippen molar-refractivity contribution in [3.63, 3.8) is 0 Å². The summed E-state index contributed by atoms with van der Waals surface area (Å²) in [7, 11) is 0. The summed E-state index contributed by atoms with van der Waals surface area (Å²) in [5.74, 6) is -4.56. The van der Waals surface area contributed by atoms with E-state index >= 15 is 0 Å². The van der Waals surface area contributed by atoms with E-state index in [1.807, 2.05) is 0 Å². The van der Waals surface area contributed by atoms with E-state index in [1.54, 1.807) is 44.2 Å². The van der Waals surface area contributed by atoms with E-state index in [0.29, 0.717) is 5.56 Å². The van der Waals surface area contributed by atoms with Crippen molar-refractivity contribution in [3.8, 4) is 0 Å². The van der Waals surface area contributed by atoms with Crippen LogP contribution in [0.4, 0.5) is 13.2 Å². The van der Waals surface area contributed by atoms with Gasteiger partial charge in [0.05, 0.1) is 5.54 Å². The van der Waals surface area contributed by atoms with Gasteiger partial charge in [0.15, 0.2) is 5.78 Å². The summed E-state index contributed by atoms with van der Waals surface area (Å²) < 4.78 is 41.5. The predicted molar refractivity (Wildman–Crippen MR) is 86.7 cm³/mol. The lowest BCUT2D eigenvalue weighted by Crippen LogP contribution is -2.50. The molecule has 0 N–H and O–H groups in total. The van der Waals surface area contributed by atoms with Crippen LogP contribution in [0.15, 0.2) is 54.6 Å². The third-order valence-corrected chi connectivity index (χ3v) is 4.81. The highest BCUT2D eigenvalue weighted by Crippen LogP contribution is 2.54. The van der Waals surface area contributed by atoms with E-state index in [9.17, 15) is 22.8 Å². The van der Waals surface area contributed by atoms with Crippen molar-refractivity contribution in [2.24, 2.45) is 5.92 Å². The van der Waals surface area contributed by atoms with E-state index in [4.69, 9.17) is 0 Å². The molecule has 3 rings (SSSR count). The van der Waals surface area contributed by atoms with Gasteiger partial charge in [-0.3, -0.25) is 9.59 Å². The van der Waals surface area contributed by atoms with Crippen molar-refractivity contribution in [3.05, 3.63) is 60.2 Å². The van der Waals surface area contributed by atoms with Gasteiger partial charge < -0.3 is 4.90 Å². The maximum atomic E-state index is 13.8. The zero-order chi connectivity index (χ0) is 18.4. The number of amides is 1. The van der Waals surface area contributed by atoms with Crippen molar-refractivity contribution in [1.82, 2.24) is 4.90 Å². The van der Waals surface area contributed by atoms with Crippen molar-refractivity contribution in [1.29, 1.82) is 0 Å². The van der Waals surface area contributed by atoms with Gasteiger partial charge in [-0.2, -0.15) is 13.2 Å². The number of hydrogen-bond donors (Lipinski definition) is 0. The molecule has 2 atom stereocenters. The normalized spacial score (nSPS) is 25.4. The Morgan fingerprint density at radius 2 is 1.60 bits per heavy atom. The molecule has 0 radical (unpaired) electrons. The van der Waals surface area contributed by atoms with Gasteiger partial charge in [-0.1, -0.05) is 42.5 Å². The standard InChI is InChI=1S/C19H18F3NO2/c1-12(2)23-17(25)16(19(20,21)22)15(13-6-4-3-5-7-13)18(23)10-8-14(24)9-11-18/h3-12,15-16H,1-2H3/t15-,16-/m1/s1. The highest BCUT2D eigenvalue weighted by atomic mass is 19.4. The average molecular weight is 349 g/mol. The first-order valence-corrected chi connectivity index (χ1v) is 8.06. The van der Waals surface area contributed by atoms with Crippen LogP contribution in [-0.2, 0) is 9.59 Å². The first-order chi connectivity index (χ1) is 11.7. The van der Waals surface area contributed by atoms with Gasteiger partial charge in [-0.25, -0.2) is 0 Å². The van der Waals surface area contributed by atoms with Crippen LogP contribution in [-0.4, -0.2) is 34.3 Å². The number of benzene rings is 1. The van der Waals surface area contributed by atoms with Crippen LogP contribution in [0.1, 0.15) is 25.3 Å². The summed E-state index contributed by atoms with van der Waals surface area (Å²) in [6.07, 6.45) is 0.694. The molecule has 1 aromatic carbocycles. The third kappa shape index (κ3) is 2.69. The Morgan fingerprint density at radius 1 is 1.04 bits per heavy atom. The van der Waals surface area contributed by atoms with Gasteiger partial charge in [-0.15, -0.1) is 0 Å². The van der Waals surface area contributed by atoms with Gasteiger partial charge in [-0.05, 0) is 31.6 Å². The highest BCUT2D eigenvalue weighted by molar-refractivity contribution is 6.01. The molecule has 1 aromatic rings. The summed E-state index contributed by atoms with van der Waals surface area (Å²) in [5, 5.41) is 0. The van der Waals surface area contributed by atoms with Crippen molar-refractivity contribution < 1.29 is 22.8 Å². The first kappa shape index (κ1) is 17.5. The van der Waals surface area contributed by atoms with Gasteiger partial charge >= 0.3 is 6.18 Å². The van der Waals surface area contributed by atoms with Crippen LogP contribution in [0.5, 0.6) is 0 Å². The van der Waals surface area contributed by atoms with E-state index in [1.165, 1.54) is 29.2 Å². The summed E-state index contributed by atoms with van der Waals surface area (Å²) in [6.45, 7) is 3.36. The van der Waals surface area contributed by atoms with Crippen LogP contribution < -0.4 is 0 Å². The fraction of sp³-hybridized carbons (Fsp3) is 0.368. The molecule has 3 nitrogen and oxygen atoms in total. The topological polar surface area (TPSA) is 37.4 Å². The largest absolute Gasteiger partial charge is 0.401 e. The lowest BCUT2D eigenvalue weighted by atomic mass is 9.73. The molecule has 0 bridgehead atoms. The van der Waals surface area contributed by atoms with E-state index in [-0.39, 0.29) is 5.78 Å². The number of halogens is 3. The number of likely N-dealkylation sites (tertiary alicyclic amines) is 1. The first-order valence-electron chi connectivity index (χ1n) is 8.06. The Hall–Kier alpha value is -2.37. The monoisotopic (exact) mass is 349 g/mol. The lowest BCUT2D eigenvalue weighted by molar-refractivity contribution is -0.184. The van der Waals surface area contributed by atoms with Crippen LogP contribution in [0.25, 0.3) is 0 Å². The van der Waals surface area contributed by atoms with Gasteiger partial charge in [0.25, 0.3) is 0 Å². The van der Waals surface area contributed by atoms with Crippen molar-refractivity contribution in [2.45, 2.75) is 37.5 Å². The summed E-state index contributed by atoms with van der Waals surface area (Å²) >= 11 is 0. The Kier molecular flexibility index (Phi) is 4.09. The number of allylic oxidation sites excluding steroid dienone is 2. The molecule has 1 fully saturated rings. The van der Waals surface area contributed by atoms with E-state index < -0.39 is 35.5 Å². The van der Waals surface area contributed by atoms with Crippen LogP contribution in [0.2, 0.25) is 0 Å². The molecule has 25 heavy (non-hydrogen) atoms. The SMILES string of the molecule is CC(C)N1C(=O)[C@H](C(F)(F)F)[C@@H](c2ccccc2)C12C=CC(=O)C=C2. The quantitative estimate of drug-likeness (QED) is 0.818. The second-order valence-corrected chi connectivity index (χ2v) is 6.67. The van der Waals surface area contributed by atoms with E-state index in [0.717, 1.165) is 0 Å². The van der Waals surface area contributed by atoms with Gasteiger partial charge in [0.2, 0.25) is 5.91 Å². The van der Waals surface area contributed by atoms with Crippen molar-refractivity contribution in [2.75, 3.05) is 0 Å².